The van der Waals surface area contributed by atoms with Crippen molar-refractivity contribution in [1.29, 1.82) is 0 Å². The third-order valence-corrected chi connectivity index (χ3v) is 4.74. The van der Waals surface area contributed by atoms with Gasteiger partial charge in [-0.25, -0.2) is 0 Å². The zero-order valence-electron chi connectivity index (χ0n) is 12.1. The molecular weight excluding hydrogens is 250 g/mol. The summed E-state index contributed by atoms with van der Waals surface area (Å²) in [5, 5.41) is 0. The molecule has 0 spiro atoms. The number of nitrogens with two attached hydrogens (primary N) is 1. The third-order valence-electron chi connectivity index (χ3n) is 4.74. The van der Waals surface area contributed by atoms with Crippen LogP contribution in [0.4, 0.5) is 0 Å². The minimum atomic E-state index is 0.196. The van der Waals surface area contributed by atoms with Crippen molar-refractivity contribution in [1.82, 2.24) is 4.90 Å². The number of likely N-dealkylation sites (tertiary alicyclic amines) is 1. The average Bonchev–Trinajstić information content (AvgIpc) is 2.36. The van der Waals surface area contributed by atoms with Crippen LogP contribution >= 0.6 is 0 Å². The van der Waals surface area contributed by atoms with Crippen molar-refractivity contribution in [3.05, 3.63) is 29.8 Å². The molecule has 0 amide bonds. The molecule has 1 aliphatic carbocycles. The lowest BCUT2D eigenvalue weighted by Gasteiger charge is -2.42. The maximum Gasteiger partial charge on any atom is 0.191 e. The van der Waals surface area contributed by atoms with Gasteiger partial charge < -0.3 is 15.4 Å². The van der Waals surface area contributed by atoms with E-state index in [9.17, 15) is 0 Å². The first-order valence-corrected chi connectivity index (χ1v) is 7.43. The Balaban J connectivity index is 1.73. The number of hydrogen-bond acceptors (Lipinski definition) is 2. The fraction of sp³-hybridized carbons (Fsp3) is 0.562. The molecule has 0 atom stereocenters. The molecule has 3 rings (SSSR count). The van der Waals surface area contributed by atoms with Gasteiger partial charge in [0.15, 0.2) is 5.96 Å². The molecule has 2 N–H and O–H groups in total. The number of ether oxygens (including phenoxy) is 1. The zero-order chi connectivity index (χ0) is 14.0. The van der Waals surface area contributed by atoms with Crippen LogP contribution in [0.1, 0.15) is 31.2 Å². The smallest absolute Gasteiger partial charge is 0.191 e. The van der Waals surface area contributed by atoms with Crippen molar-refractivity contribution in [2.24, 2.45) is 10.7 Å². The van der Waals surface area contributed by atoms with Crippen molar-refractivity contribution in [2.45, 2.75) is 31.1 Å². The van der Waals surface area contributed by atoms with Crippen molar-refractivity contribution in [2.75, 3.05) is 26.7 Å². The van der Waals surface area contributed by atoms with Gasteiger partial charge in [0.25, 0.3) is 0 Å². The first-order chi connectivity index (χ1) is 9.73. The number of benzene rings is 1. The molecule has 0 aromatic heterocycles. The minimum absolute atomic E-state index is 0.196. The monoisotopic (exact) mass is 273 g/mol. The van der Waals surface area contributed by atoms with Gasteiger partial charge in [-0.1, -0.05) is 18.6 Å². The maximum atomic E-state index is 6.04. The van der Waals surface area contributed by atoms with Crippen LogP contribution in [0.15, 0.2) is 29.3 Å². The summed E-state index contributed by atoms with van der Waals surface area (Å²) in [6.45, 7) is 2.93. The van der Waals surface area contributed by atoms with E-state index >= 15 is 0 Å². The van der Waals surface area contributed by atoms with Crippen molar-refractivity contribution >= 4 is 5.96 Å². The summed E-state index contributed by atoms with van der Waals surface area (Å²) in [7, 11) is 1.70. The molecule has 0 bridgehead atoms. The van der Waals surface area contributed by atoms with Crippen molar-refractivity contribution < 1.29 is 4.74 Å². The first kappa shape index (κ1) is 13.3. The van der Waals surface area contributed by atoms with E-state index in [-0.39, 0.29) is 5.41 Å². The molecule has 2 fully saturated rings. The SMILES string of the molecule is COc1ccc(C2(CN=C(N)N3CCC3)CCC2)cc1. The van der Waals surface area contributed by atoms with E-state index in [1.165, 1.54) is 31.2 Å². The largest absolute Gasteiger partial charge is 0.497 e. The summed E-state index contributed by atoms with van der Waals surface area (Å²) < 4.78 is 5.23. The number of nitrogens with zero attached hydrogens (tertiary/aromatic N) is 2. The van der Waals surface area contributed by atoms with Crippen LogP contribution in [0.5, 0.6) is 5.75 Å². The van der Waals surface area contributed by atoms with Gasteiger partial charge in [-0.05, 0) is 37.0 Å². The lowest BCUT2D eigenvalue weighted by molar-refractivity contribution is 0.248. The first-order valence-electron chi connectivity index (χ1n) is 7.43. The van der Waals surface area contributed by atoms with Gasteiger partial charge in [0.05, 0.1) is 13.7 Å². The maximum absolute atomic E-state index is 6.04. The molecule has 4 nitrogen and oxygen atoms in total. The molecule has 4 heteroatoms. The number of aliphatic imine (C=N–C) groups is 1. The van der Waals surface area contributed by atoms with Crippen LogP contribution in [-0.4, -0.2) is 37.6 Å². The van der Waals surface area contributed by atoms with E-state index in [1.807, 2.05) is 12.1 Å². The second-order valence-corrected chi connectivity index (χ2v) is 5.88. The summed E-state index contributed by atoms with van der Waals surface area (Å²) in [6.07, 6.45) is 4.93. The molecule has 1 aromatic rings. The number of rotatable bonds is 4. The Morgan fingerprint density at radius 1 is 1.25 bits per heavy atom. The Labute approximate surface area is 120 Å². The Bertz CT molecular complexity index is 487. The summed E-state index contributed by atoms with van der Waals surface area (Å²) in [4.78, 5) is 6.80. The van der Waals surface area contributed by atoms with Crippen LogP contribution in [0.3, 0.4) is 0 Å². The quantitative estimate of drug-likeness (QED) is 0.675. The highest BCUT2D eigenvalue weighted by atomic mass is 16.5. The Hall–Kier alpha value is -1.71. The van der Waals surface area contributed by atoms with Gasteiger partial charge in [-0.3, -0.25) is 4.99 Å². The van der Waals surface area contributed by atoms with E-state index < -0.39 is 0 Å². The number of hydrogen-bond donors (Lipinski definition) is 1. The molecule has 2 aliphatic rings. The van der Waals surface area contributed by atoms with Crippen LogP contribution in [0.2, 0.25) is 0 Å². The summed E-state index contributed by atoms with van der Waals surface area (Å²) >= 11 is 0. The lowest BCUT2D eigenvalue weighted by Crippen LogP contribution is -2.47. The van der Waals surface area contributed by atoms with Crippen LogP contribution < -0.4 is 10.5 Å². The van der Waals surface area contributed by atoms with E-state index in [0.29, 0.717) is 0 Å². The number of methoxy groups -OCH3 is 1. The van der Waals surface area contributed by atoms with Crippen LogP contribution in [0.25, 0.3) is 0 Å². The van der Waals surface area contributed by atoms with Gasteiger partial charge in [0, 0.05) is 18.5 Å². The number of guanidine groups is 1. The highest BCUT2D eigenvalue weighted by Crippen LogP contribution is 2.44. The van der Waals surface area contributed by atoms with Crippen LogP contribution in [0, 0.1) is 0 Å². The van der Waals surface area contributed by atoms with Crippen molar-refractivity contribution in [3.8, 4) is 5.75 Å². The van der Waals surface area contributed by atoms with Gasteiger partial charge >= 0.3 is 0 Å². The highest BCUT2D eigenvalue weighted by Gasteiger charge is 2.38. The third kappa shape index (κ3) is 2.35. The molecule has 0 unspecified atom stereocenters. The normalized spacial score (nSPS) is 21.1. The molecule has 1 saturated heterocycles. The van der Waals surface area contributed by atoms with E-state index in [2.05, 4.69) is 22.0 Å². The average molecular weight is 273 g/mol. The predicted octanol–water partition coefficient (Wildman–Crippen LogP) is 2.14. The molecule has 108 valence electrons. The predicted molar refractivity (Wildman–Crippen MR) is 81.2 cm³/mol. The molecule has 1 saturated carbocycles. The standard InChI is InChI=1S/C16H23N3O/c1-20-14-6-4-13(5-7-14)16(8-2-9-16)12-18-15(17)19-10-3-11-19/h4-7H,2-3,8-12H2,1H3,(H2,17,18). The molecule has 1 heterocycles. The summed E-state index contributed by atoms with van der Waals surface area (Å²) in [5.74, 6) is 1.63. The van der Waals surface area contributed by atoms with Gasteiger partial charge in [0.1, 0.15) is 5.75 Å². The second kappa shape index (κ2) is 5.35. The minimum Gasteiger partial charge on any atom is -0.497 e. The molecule has 0 radical (unpaired) electrons. The summed E-state index contributed by atoms with van der Waals surface area (Å²) in [5.41, 5.74) is 7.61. The topological polar surface area (TPSA) is 50.9 Å². The fourth-order valence-electron chi connectivity index (χ4n) is 2.96. The molecule has 1 aromatic carbocycles. The summed E-state index contributed by atoms with van der Waals surface area (Å²) in [6, 6.07) is 8.43. The second-order valence-electron chi connectivity index (χ2n) is 5.88. The van der Waals surface area contributed by atoms with Gasteiger partial charge in [-0.15, -0.1) is 0 Å². The van der Waals surface area contributed by atoms with E-state index in [0.717, 1.165) is 31.3 Å². The Morgan fingerprint density at radius 3 is 2.40 bits per heavy atom. The van der Waals surface area contributed by atoms with Gasteiger partial charge in [0.2, 0.25) is 0 Å². The fourth-order valence-corrected chi connectivity index (χ4v) is 2.96. The van der Waals surface area contributed by atoms with Crippen molar-refractivity contribution in [3.63, 3.8) is 0 Å². The van der Waals surface area contributed by atoms with Crippen LogP contribution in [-0.2, 0) is 5.41 Å². The lowest BCUT2D eigenvalue weighted by atomic mass is 9.64. The highest BCUT2D eigenvalue weighted by molar-refractivity contribution is 5.78. The molecule has 1 aliphatic heterocycles. The Kier molecular flexibility index (Phi) is 3.55. The Morgan fingerprint density at radius 2 is 1.95 bits per heavy atom. The zero-order valence-corrected chi connectivity index (χ0v) is 12.1. The van der Waals surface area contributed by atoms with Gasteiger partial charge in [-0.2, -0.15) is 0 Å². The molecule has 20 heavy (non-hydrogen) atoms. The van der Waals surface area contributed by atoms with E-state index in [4.69, 9.17) is 10.5 Å². The molecular formula is C16H23N3O. The van der Waals surface area contributed by atoms with E-state index in [1.54, 1.807) is 7.11 Å².